The summed E-state index contributed by atoms with van der Waals surface area (Å²) in [6, 6.07) is 2.33. The van der Waals surface area contributed by atoms with Crippen LogP contribution in [0.15, 0.2) is 6.07 Å². The van der Waals surface area contributed by atoms with Gasteiger partial charge in [-0.25, -0.2) is 9.97 Å². The summed E-state index contributed by atoms with van der Waals surface area (Å²) in [6.45, 7) is 6.89. The highest BCUT2D eigenvalue weighted by Gasteiger charge is 2.23. The van der Waals surface area contributed by atoms with Crippen LogP contribution >= 0.6 is 0 Å². The maximum absolute atomic E-state index is 11.3. The van der Waals surface area contributed by atoms with E-state index in [-0.39, 0.29) is 12.0 Å². The highest BCUT2D eigenvalue weighted by Crippen LogP contribution is 2.16. The summed E-state index contributed by atoms with van der Waals surface area (Å²) in [7, 11) is 0. The van der Waals surface area contributed by atoms with Crippen molar-refractivity contribution < 1.29 is 9.53 Å². The van der Waals surface area contributed by atoms with Crippen LogP contribution in [0.2, 0.25) is 0 Å². The van der Waals surface area contributed by atoms with E-state index in [0.717, 1.165) is 30.8 Å². The van der Waals surface area contributed by atoms with Crippen molar-refractivity contribution in [2.45, 2.75) is 39.7 Å². The topological polar surface area (TPSA) is 55.3 Å². The summed E-state index contributed by atoms with van der Waals surface area (Å²) >= 11 is 0. The Bertz CT molecular complexity index is 428. The van der Waals surface area contributed by atoms with Gasteiger partial charge in [-0.15, -0.1) is 0 Å². The molecule has 0 bridgehead atoms. The molecule has 2 rings (SSSR count). The molecular formula is C13H19N3O2. The van der Waals surface area contributed by atoms with Gasteiger partial charge in [0.15, 0.2) is 0 Å². The van der Waals surface area contributed by atoms with Gasteiger partial charge in [-0.1, -0.05) is 0 Å². The minimum absolute atomic E-state index is 0.00356. The summed E-state index contributed by atoms with van der Waals surface area (Å²) in [6.07, 6.45) is 1.92. The number of carbonyl (C=O) groups excluding carboxylic acids is 1. The van der Waals surface area contributed by atoms with Crippen molar-refractivity contribution in [3.63, 3.8) is 0 Å². The van der Waals surface area contributed by atoms with Crippen LogP contribution in [0.1, 0.15) is 31.2 Å². The highest BCUT2D eigenvalue weighted by molar-refractivity contribution is 5.73. The lowest BCUT2D eigenvalue weighted by Crippen LogP contribution is -2.43. The van der Waals surface area contributed by atoms with Crippen molar-refractivity contribution in [1.82, 2.24) is 14.9 Å². The number of ether oxygens (including phenoxy) is 1. The lowest BCUT2D eigenvalue weighted by atomic mass is 10.1. The van der Waals surface area contributed by atoms with Crippen LogP contribution in [0.4, 0.5) is 0 Å². The van der Waals surface area contributed by atoms with Crippen LogP contribution in [0.3, 0.4) is 0 Å². The number of nitrogens with zero attached hydrogens (tertiary/aromatic N) is 3. The Kier molecular flexibility index (Phi) is 3.79. The first kappa shape index (κ1) is 12.8. The molecule has 0 aliphatic carbocycles. The van der Waals surface area contributed by atoms with Gasteiger partial charge in [0, 0.05) is 24.9 Å². The van der Waals surface area contributed by atoms with E-state index in [2.05, 4.69) is 9.97 Å². The van der Waals surface area contributed by atoms with E-state index < -0.39 is 0 Å². The Morgan fingerprint density at radius 3 is 2.67 bits per heavy atom. The SMILES string of the molecule is CC(=O)N1CCCC(Oc2nc(C)cc(C)n2)C1. The van der Waals surface area contributed by atoms with E-state index in [0.29, 0.717) is 12.6 Å². The van der Waals surface area contributed by atoms with Crippen LogP contribution in [0.25, 0.3) is 0 Å². The number of hydrogen-bond acceptors (Lipinski definition) is 4. The Labute approximate surface area is 107 Å². The molecule has 0 spiro atoms. The van der Waals surface area contributed by atoms with Gasteiger partial charge in [0.05, 0.1) is 6.54 Å². The Balaban J connectivity index is 2.02. The number of carbonyl (C=O) groups is 1. The first-order valence-corrected chi connectivity index (χ1v) is 6.29. The van der Waals surface area contributed by atoms with E-state index in [1.54, 1.807) is 6.92 Å². The summed E-state index contributed by atoms with van der Waals surface area (Å²) < 4.78 is 5.78. The summed E-state index contributed by atoms with van der Waals surface area (Å²) in [4.78, 5) is 21.7. The van der Waals surface area contributed by atoms with E-state index in [9.17, 15) is 4.79 Å². The quantitative estimate of drug-likeness (QED) is 0.796. The van der Waals surface area contributed by atoms with E-state index >= 15 is 0 Å². The molecule has 2 heterocycles. The van der Waals surface area contributed by atoms with E-state index in [1.165, 1.54) is 0 Å². The molecular weight excluding hydrogens is 230 g/mol. The number of amides is 1. The molecule has 1 aliphatic rings. The average Bonchev–Trinajstić information content (AvgIpc) is 2.27. The minimum atomic E-state index is 0.00356. The molecule has 98 valence electrons. The third-order valence-corrected chi connectivity index (χ3v) is 3.06. The van der Waals surface area contributed by atoms with Crippen LogP contribution in [-0.4, -0.2) is 40.0 Å². The standard InChI is InChI=1S/C13H19N3O2/c1-9-7-10(2)15-13(14-9)18-12-5-4-6-16(8-12)11(3)17/h7,12H,4-6,8H2,1-3H3. The van der Waals surface area contributed by atoms with Crippen molar-refractivity contribution in [3.05, 3.63) is 17.5 Å². The molecule has 0 aromatic carbocycles. The first-order valence-electron chi connectivity index (χ1n) is 6.29. The molecule has 1 unspecified atom stereocenters. The van der Waals surface area contributed by atoms with Crippen molar-refractivity contribution in [1.29, 1.82) is 0 Å². The molecule has 0 radical (unpaired) electrons. The average molecular weight is 249 g/mol. The molecule has 1 saturated heterocycles. The normalized spacial score (nSPS) is 19.7. The molecule has 1 aliphatic heterocycles. The zero-order valence-corrected chi connectivity index (χ0v) is 11.1. The summed E-state index contributed by atoms with van der Waals surface area (Å²) in [5, 5.41) is 0. The van der Waals surface area contributed by atoms with Gasteiger partial charge in [-0.2, -0.15) is 0 Å². The second-order valence-electron chi connectivity index (χ2n) is 4.78. The molecule has 1 aromatic rings. The third kappa shape index (κ3) is 3.18. The summed E-state index contributed by atoms with van der Waals surface area (Å²) in [5.41, 5.74) is 1.80. The molecule has 1 fully saturated rings. The first-order chi connectivity index (χ1) is 8.54. The van der Waals surface area contributed by atoms with Gasteiger partial charge in [0.2, 0.25) is 5.91 Å². The lowest BCUT2D eigenvalue weighted by molar-refractivity contribution is -0.131. The molecule has 1 amide bonds. The molecule has 5 heteroatoms. The largest absolute Gasteiger partial charge is 0.458 e. The number of hydrogen-bond donors (Lipinski definition) is 0. The fourth-order valence-corrected chi connectivity index (χ4v) is 2.22. The second-order valence-corrected chi connectivity index (χ2v) is 4.78. The number of aryl methyl sites for hydroxylation is 2. The van der Waals surface area contributed by atoms with Gasteiger partial charge >= 0.3 is 6.01 Å². The maximum atomic E-state index is 11.3. The molecule has 1 aromatic heterocycles. The minimum Gasteiger partial charge on any atom is -0.458 e. The lowest BCUT2D eigenvalue weighted by Gasteiger charge is -2.31. The Morgan fingerprint density at radius 2 is 2.06 bits per heavy atom. The van der Waals surface area contributed by atoms with Gasteiger partial charge < -0.3 is 9.64 Å². The van der Waals surface area contributed by atoms with Gasteiger partial charge in [0.1, 0.15) is 6.10 Å². The molecule has 5 nitrogen and oxygen atoms in total. The van der Waals surface area contributed by atoms with Crippen molar-refractivity contribution in [3.8, 4) is 6.01 Å². The zero-order chi connectivity index (χ0) is 13.1. The monoisotopic (exact) mass is 249 g/mol. The van der Waals surface area contributed by atoms with Crippen LogP contribution < -0.4 is 4.74 Å². The fourth-order valence-electron chi connectivity index (χ4n) is 2.22. The van der Waals surface area contributed by atoms with Crippen LogP contribution in [0, 0.1) is 13.8 Å². The number of likely N-dealkylation sites (tertiary alicyclic amines) is 1. The van der Waals surface area contributed by atoms with Gasteiger partial charge in [-0.05, 0) is 32.8 Å². The van der Waals surface area contributed by atoms with Gasteiger partial charge in [0.25, 0.3) is 0 Å². The number of piperidine rings is 1. The predicted molar refractivity (Wildman–Crippen MR) is 67.4 cm³/mol. The molecule has 1 atom stereocenters. The van der Waals surface area contributed by atoms with Crippen molar-refractivity contribution in [2.75, 3.05) is 13.1 Å². The zero-order valence-electron chi connectivity index (χ0n) is 11.1. The maximum Gasteiger partial charge on any atom is 0.317 e. The van der Waals surface area contributed by atoms with Crippen molar-refractivity contribution >= 4 is 5.91 Å². The molecule has 18 heavy (non-hydrogen) atoms. The smallest absolute Gasteiger partial charge is 0.317 e. The second kappa shape index (κ2) is 5.33. The van der Waals surface area contributed by atoms with Crippen LogP contribution in [-0.2, 0) is 4.79 Å². The fraction of sp³-hybridized carbons (Fsp3) is 0.615. The Morgan fingerprint density at radius 1 is 1.39 bits per heavy atom. The molecule has 0 N–H and O–H groups in total. The van der Waals surface area contributed by atoms with Gasteiger partial charge in [-0.3, -0.25) is 4.79 Å². The predicted octanol–water partition coefficient (Wildman–Crippen LogP) is 1.48. The number of aromatic nitrogens is 2. The number of rotatable bonds is 2. The third-order valence-electron chi connectivity index (χ3n) is 3.06. The van der Waals surface area contributed by atoms with Crippen molar-refractivity contribution in [2.24, 2.45) is 0 Å². The Hall–Kier alpha value is -1.65. The van der Waals surface area contributed by atoms with E-state index in [4.69, 9.17) is 4.74 Å². The van der Waals surface area contributed by atoms with E-state index in [1.807, 2.05) is 24.8 Å². The molecule has 0 saturated carbocycles. The highest BCUT2D eigenvalue weighted by atomic mass is 16.5. The van der Waals surface area contributed by atoms with Crippen LogP contribution in [0.5, 0.6) is 6.01 Å². The summed E-state index contributed by atoms with van der Waals surface area (Å²) in [5.74, 6) is 0.102.